The van der Waals surface area contributed by atoms with Gasteiger partial charge >= 0.3 is 6.09 Å². The molecule has 0 radical (unpaired) electrons. The van der Waals surface area contributed by atoms with Crippen LogP contribution in [0, 0.1) is 11.6 Å². The number of hydrogen-bond acceptors (Lipinski definition) is 8. The Morgan fingerprint density at radius 2 is 1.37 bits per heavy atom. The molecule has 2 aliphatic heterocycles. The van der Waals surface area contributed by atoms with E-state index in [1.165, 1.54) is 22.5 Å². The summed E-state index contributed by atoms with van der Waals surface area (Å²) in [6.45, 7) is 8.62. The number of carboxylic acid groups (broad SMARTS) is 1. The molecule has 14 heteroatoms. The van der Waals surface area contributed by atoms with Crippen molar-refractivity contribution in [2.75, 3.05) is 48.7 Å². The van der Waals surface area contributed by atoms with Crippen LogP contribution in [0.2, 0.25) is 0 Å². The van der Waals surface area contributed by atoms with E-state index in [0.717, 1.165) is 6.07 Å². The molecule has 0 saturated carbocycles. The van der Waals surface area contributed by atoms with Gasteiger partial charge < -0.3 is 10.8 Å². The Hall–Kier alpha value is -2.69. The predicted molar refractivity (Wildman–Crippen MR) is 163 cm³/mol. The van der Waals surface area contributed by atoms with Gasteiger partial charge in [-0.25, -0.2) is 22.2 Å². The predicted octanol–water partition coefficient (Wildman–Crippen LogP) is 6.61. The van der Waals surface area contributed by atoms with Crippen LogP contribution in [-0.4, -0.2) is 75.7 Å². The molecule has 0 aromatic heterocycles. The maximum absolute atomic E-state index is 14.2. The molecule has 2 aliphatic rings. The van der Waals surface area contributed by atoms with Gasteiger partial charge in [0, 0.05) is 49.4 Å². The topological polar surface area (TPSA) is 163 Å². The summed E-state index contributed by atoms with van der Waals surface area (Å²) in [6.07, 6.45) is 2.95. The second-order valence-electron chi connectivity index (χ2n) is 9.86. The number of carbonyl (C=O) groups is 1. The van der Waals surface area contributed by atoms with Gasteiger partial charge in [0.15, 0.2) is 0 Å². The Morgan fingerprint density at radius 1 is 0.902 bits per heavy atom. The fourth-order valence-electron chi connectivity index (χ4n) is 4.89. The minimum Gasteiger partial charge on any atom is -0.465 e. The molecule has 10 nitrogen and oxygen atoms in total. The summed E-state index contributed by atoms with van der Waals surface area (Å²) in [5, 5.41) is 10.7. The molecule has 2 aromatic carbocycles. The number of nitrogens with one attached hydrogen (secondary N) is 1. The van der Waals surface area contributed by atoms with Gasteiger partial charge in [-0.15, -0.1) is 34.7 Å². The fourth-order valence-corrected chi connectivity index (χ4v) is 8.13. The van der Waals surface area contributed by atoms with Crippen LogP contribution in [0.3, 0.4) is 0 Å². The number of nitrogens with two attached hydrogens (primary N) is 1. The van der Waals surface area contributed by atoms with E-state index < -0.39 is 33.5 Å². The largest absolute Gasteiger partial charge is 0.465 e. The van der Waals surface area contributed by atoms with Gasteiger partial charge in [-0.2, -0.15) is 0 Å². The second-order valence-corrected chi connectivity index (χ2v) is 14.2. The van der Waals surface area contributed by atoms with Gasteiger partial charge in [0.2, 0.25) is 0 Å². The molecule has 2 saturated heterocycles. The molecule has 2 fully saturated rings. The van der Waals surface area contributed by atoms with Crippen LogP contribution in [0.4, 0.5) is 25.0 Å². The molecule has 0 bridgehead atoms. The standard InChI is InChI=1S/C14H19FN2O4S.C13H19FN2O2S/c1-2-6-17-9-10(5-7-22(17,20)21)12-4-3-11(8-13(12)15)16-14(18)19;1-2-6-16-9-10(5-7-19(16,17)18)12-4-3-11(15)8-13(12)14/h2-4,8,10,16,20-21H,1,5-7,9H2,(H,18,19);2-4,8,10,17-18H,1,5-7,9,15H2. The molecule has 4 rings (SSSR count). The van der Waals surface area contributed by atoms with E-state index in [-0.39, 0.29) is 34.8 Å². The summed E-state index contributed by atoms with van der Waals surface area (Å²) in [4.78, 5) is 10.6. The SMILES string of the molecule is C=CCN1CC(c2ccc(N)cc2F)CCS1(O)O.C=CCN1CC(c2ccc(NC(=O)O)cc2F)CCS1(O)O. The highest BCUT2D eigenvalue weighted by Crippen LogP contribution is 2.51. The average Bonchev–Trinajstić information content (AvgIpc) is 2.87. The first kappa shape index (κ1) is 32.8. The summed E-state index contributed by atoms with van der Waals surface area (Å²) < 4.78 is 71.1. The van der Waals surface area contributed by atoms with E-state index >= 15 is 0 Å². The maximum atomic E-state index is 14.2. The van der Waals surface area contributed by atoms with Crippen LogP contribution in [0.5, 0.6) is 0 Å². The van der Waals surface area contributed by atoms with Crippen molar-refractivity contribution in [3.05, 3.63) is 84.5 Å². The molecule has 2 atom stereocenters. The van der Waals surface area contributed by atoms with E-state index in [4.69, 9.17) is 10.8 Å². The molecule has 2 aromatic rings. The number of amides is 1. The summed E-state index contributed by atoms with van der Waals surface area (Å²) in [6, 6.07) is 8.82. The minimum absolute atomic E-state index is 0.0551. The van der Waals surface area contributed by atoms with E-state index in [1.807, 2.05) is 0 Å². The zero-order valence-electron chi connectivity index (χ0n) is 22.5. The van der Waals surface area contributed by atoms with Gasteiger partial charge in [-0.1, -0.05) is 24.3 Å². The number of hydrogen-bond donors (Lipinski definition) is 7. The number of halogens is 2. The van der Waals surface area contributed by atoms with Gasteiger partial charge in [-0.3, -0.25) is 23.5 Å². The zero-order chi connectivity index (χ0) is 30.4. The van der Waals surface area contributed by atoms with Gasteiger partial charge in [0.25, 0.3) is 0 Å². The van der Waals surface area contributed by atoms with Crippen molar-refractivity contribution in [3.63, 3.8) is 0 Å². The highest BCUT2D eigenvalue weighted by Gasteiger charge is 2.34. The molecule has 41 heavy (non-hydrogen) atoms. The lowest BCUT2D eigenvalue weighted by Crippen LogP contribution is -2.38. The Bertz CT molecular complexity index is 1250. The highest BCUT2D eigenvalue weighted by molar-refractivity contribution is 8.22. The normalized spacial score (nSPS) is 23.8. The number of rotatable bonds is 7. The van der Waals surface area contributed by atoms with Gasteiger partial charge in [0.1, 0.15) is 11.6 Å². The minimum atomic E-state index is -2.81. The number of anilines is 2. The Balaban J connectivity index is 0.000000228. The van der Waals surface area contributed by atoms with Crippen molar-refractivity contribution in [1.29, 1.82) is 0 Å². The maximum Gasteiger partial charge on any atom is 0.409 e. The van der Waals surface area contributed by atoms with E-state index in [1.54, 1.807) is 28.6 Å². The van der Waals surface area contributed by atoms with Crippen molar-refractivity contribution in [3.8, 4) is 0 Å². The Labute approximate surface area is 242 Å². The molecule has 1 amide bonds. The first-order valence-corrected chi connectivity index (χ1v) is 16.2. The quantitative estimate of drug-likeness (QED) is 0.134. The third-order valence-corrected chi connectivity index (χ3v) is 10.8. The Morgan fingerprint density at radius 3 is 1.78 bits per heavy atom. The number of nitrogens with zero attached hydrogens (tertiary/aromatic N) is 2. The first-order chi connectivity index (χ1) is 19.3. The van der Waals surface area contributed by atoms with Crippen LogP contribution >= 0.6 is 21.6 Å². The van der Waals surface area contributed by atoms with E-state index in [9.17, 15) is 31.8 Å². The van der Waals surface area contributed by atoms with Crippen molar-refractivity contribution in [2.45, 2.75) is 24.7 Å². The van der Waals surface area contributed by atoms with Crippen molar-refractivity contribution in [1.82, 2.24) is 8.61 Å². The van der Waals surface area contributed by atoms with Crippen LogP contribution in [0.25, 0.3) is 0 Å². The molecule has 228 valence electrons. The third kappa shape index (κ3) is 8.66. The van der Waals surface area contributed by atoms with Crippen LogP contribution in [0.15, 0.2) is 61.7 Å². The van der Waals surface area contributed by atoms with Crippen LogP contribution < -0.4 is 11.1 Å². The highest BCUT2D eigenvalue weighted by atomic mass is 32.3. The van der Waals surface area contributed by atoms with E-state index in [2.05, 4.69) is 18.5 Å². The lowest BCUT2D eigenvalue weighted by Gasteiger charge is -2.48. The lowest BCUT2D eigenvalue weighted by molar-refractivity contribution is 0.209. The van der Waals surface area contributed by atoms with Gasteiger partial charge in [0.05, 0.1) is 11.5 Å². The molecule has 2 unspecified atom stereocenters. The van der Waals surface area contributed by atoms with Crippen molar-refractivity contribution in [2.24, 2.45) is 0 Å². The average molecular weight is 617 g/mol. The van der Waals surface area contributed by atoms with Gasteiger partial charge in [-0.05, 0) is 48.2 Å². The lowest BCUT2D eigenvalue weighted by atomic mass is 9.95. The van der Waals surface area contributed by atoms with Crippen molar-refractivity contribution < 1.29 is 36.9 Å². The number of nitrogen functional groups attached to an aromatic ring is 1. The van der Waals surface area contributed by atoms with E-state index in [0.29, 0.717) is 55.8 Å². The zero-order valence-corrected chi connectivity index (χ0v) is 24.2. The molecule has 2 heterocycles. The summed E-state index contributed by atoms with van der Waals surface area (Å²) in [5.74, 6) is -0.635. The summed E-state index contributed by atoms with van der Waals surface area (Å²) >= 11 is 0. The molecule has 0 aliphatic carbocycles. The Kier molecular flexibility index (Phi) is 11.2. The first-order valence-electron chi connectivity index (χ1n) is 12.9. The molecule has 8 N–H and O–H groups in total. The summed E-state index contributed by atoms with van der Waals surface area (Å²) in [5.41, 5.74) is 7.12. The van der Waals surface area contributed by atoms with Crippen LogP contribution in [0.1, 0.15) is 35.8 Å². The molecular formula is C27H38F2N4O6S2. The third-order valence-electron chi connectivity index (χ3n) is 6.98. The molecular weight excluding hydrogens is 578 g/mol. The van der Waals surface area contributed by atoms with Crippen LogP contribution in [-0.2, 0) is 0 Å². The summed E-state index contributed by atoms with van der Waals surface area (Å²) in [7, 11) is -5.55. The monoisotopic (exact) mass is 616 g/mol. The number of benzene rings is 2. The molecule has 0 spiro atoms. The van der Waals surface area contributed by atoms with Crippen molar-refractivity contribution >= 4 is 39.0 Å². The fraction of sp³-hybridized carbons (Fsp3) is 0.370. The second kappa shape index (κ2) is 14.0. The smallest absolute Gasteiger partial charge is 0.409 e.